The van der Waals surface area contributed by atoms with Crippen LogP contribution in [0.1, 0.15) is 19.9 Å². The highest BCUT2D eigenvalue weighted by atomic mass is 16.1. The fourth-order valence-corrected chi connectivity index (χ4v) is 2.29. The van der Waals surface area contributed by atoms with Crippen LogP contribution >= 0.6 is 0 Å². The largest absolute Gasteiger partial charge is 0.268 e. The van der Waals surface area contributed by atoms with Gasteiger partial charge in [-0.3, -0.25) is 19.4 Å². The zero-order valence-electron chi connectivity index (χ0n) is 12.4. The van der Waals surface area contributed by atoms with Crippen LogP contribution in [-0.2, 0) is 0 Å². The van der Waals surface area contributed by atoms with Crippen molar-refractivity contribution in [1.82, 2.24) is 19.6 Å². The second kappa shape index (κ2) is 5.48. The number of aromatic nitrogens is 4. The maximum absolute atomic E-state index is 11.8. The molecule has 0 bridgehead atoms. The maximum atomic E-state index is 11.8. The smallest absolute Gasteiger partial charge is 0.267 e. The monoisotopic (exact) mass is 296 g/mol. The van der Waals surface area contributed by atoms with Crippen LogP contribution in [0.5, 0.6) is 0 Å². The minimum atomic E-state index is -0.219. The molecule has 22 heavy (non-hydrogen) atoms. The van der Waals surface area contributed by atoms with Crippen molar-refractivity contribution in [2.24, 2.45) is 0 Å². The van der Waals surface area contributed by atoms with E-state index in [1.807, 2.05) is 44.2 Å². The highest BCUT2D eigenvalue weighted by Gasteiger charge is 2.12. The molecular formula is C16H16N4O2. The van der Waals surface area contributed by atoms with Crippen molar-refractivity contribution in [3.05, 3.63) is 69.2 Å². The minimum absolute atomic E-state index is 0.0525. The lowest BCUT2D eigenvalue weighted by Crippen LogP contribution is -2.24. The predicted molar refractivity (Wildman–Crippen MR) is 84.3 cm³/mol. The predicted octanol–water partition coefficient (Wildman–Crippen LogP) is 1.97. The summed E-state index contributed by atoms with van der Waals surface area (Å²) < 4.78 is 3.07. The van der Waals surface area contributed by atoms with Gasteiger partial charge in [-0.25, -0.2) is 4.68 Å². The fourth-order valence-electron chi connectivity index (χ4n) is 2.29. The first-order chi connectivity index (χ1) is 10.6. The lowest BCUT2D eigenvalue weighted by atomic mass is 10.2. The number of rotatable bonds is 3. The van der Waals surface area contributed by atoms with Crippen molar-refractivity contribution in [2.45, 2.75) is 19.9 Å². The number of hydrogen-bond donors (Lipinski definition) is 1. The van der Waals surface area contributed by atoms with Crippen LogP contribution in [0.3, 0.4) is 0 Å². The summed E-state index contributed by atoms with van der Waals surface area (Å²) in [5, 5.41) is 7.12. The summed E-state index contributed by atoms with van der Waals surface area (Å²) in [6.07, 6.45) is 0. The van der Waals surface area contributed by atoms with Gasteiger partial charge in [0.25, 0.3) is 11.1 Å². The molecule has 0 atom stereocenters. The molecule has 3 rings (SSSR count). The molecule has 6 heteroatoms. The average Bonchev–Trinajstić information content (AvgIpc) is 2.90. The van der Waals surface area contributed by atoms with E-state index in [-0.39, 0.29) is 17.2 Å². The molecule has 0 saturated heterocycles. The summed E-state index contributed by atoms with van der Waals surface area (Å²) in [4.78, 5) is 23.6. The fraction of sp³-hybridized carbons (Fsp3) is 0.188. The summed E-state index contributed by atoms with van der Waals surface area (Å²) in [5.41, 5.74) is 1.62. The Kier molecular flexibility index (Phi) is 3.50. The average molecular weight is 296 g/mol. The van der Waals surface area contributed by atoms with Gasteiger partial charge in [-0.15, -0.1) is 0 Å². The highest BCUT2D eigenvalue weighted by Crippen LogP contribution is 2.18. The Morgan fingerprint density at radius 2 is 1.77 bits per heavy atom. The highest BCUT2D eigenvalue weighted by molar-refractivity contribution is 5.56. The molecule has 3 aromatic rings. The number of nitrogens with zero attached hydrogens (tertiary/aromatic N) is 3. The summed E-state index contributed by atoms with van der Waals surface area (Å²) in [6.45, 7) is 3.78. The van der Waals surface area contributed by atoms with Gasteiger partial charge in [-0.05, 0) is 32.0 Å². The second-order valence-corrected chi connectivity index (χ2v) is 5.27. The van der Waals surface area contributed by atoms with Crippen LogP contribution < -0.4 is 11.1 Å². The first-order valence-electron chi connectivity index (χ1n) is 7.04. The molecule has 0 aliphatic rings. The topological polar surface area (TPSA) is 72.7 Å². The zero-order valence-corrected chi connectivity index (χ0v) is 12.4. The van der Waals surface area contributed by atoms with Gasteiger partial charge in [-0.2, -0.15) is 5.10 Å². The van der Waals surface area contributed by atoms with Gasteiger partial charge < -0.3 is 0 Å². The normalized spacial score (nSPS) is 11.0. The van der Waals surface area contributed by atoms with Gasteiger partial charge >= 0.3 is 0 Å². The van der Waals surface area contributed by atoms with Gasteiger partial charge in [0.15, 0.2) is 0 Å². The number of nitrogens with one attached hydrogen (secondary N) is 1. The molecule has 0 aliphatic heterocycles. The number of hydrogen-bond acceptors (Lipinski definition) is 3. The van der Waals surface area contributed by atoms with Crippen molar-refractivity contribution < 1.29 is 0 Å². The molecule has 0 radical (unpaired) electrons. The summed E-state index contributed by atoms with van der Waals surface area (Å²) >= 11 is 0. The Balaban J connectivity index is 2.20. The van der Waals surface area contributed by atoms with Crippen LogP contribution in [0.15, 0.2) is 58.1 Å². The molecule has 2 aromatic heterocycles. The van der Waals surface area contributed by atoms with Crippen LogP contribution in [0.2, 0.25) is 0 Å². The minimum Gasteiger partial charge on any atom is -0.268 e. The second-order valence-electron chi connectivity index (χ2n) is 5.27. The van der Waals surface area contributed by atoms with E-state index in [1.54, 1.807) is 10.7 Å². The molecule has 2 heterocycles. The van der Waals surface area contributed by atoms with E-state index in [9.17, 15) is 9.59 Å². The summed E-state index contributed by atoms with van der Waals surface area (Å²) in [6, 6.07) is 14.0. The van der Waals surface area contributed by atoms with Crippen molar-refractivity contribution >= 4 is 0 Å². The van der Waals surface area contributed by atoms with E-state index in [1.165, 1.54) is 16.8 Å². The molecule has 0 amide bonds. The molecule has 1 aromatic carbocycles. The quantitative estimate of drug-likeness (QED) is 0.803. The third-order valence-corrected chi connectivity index (χ3v) is 3.32. The number of aromatic amines is 1. The lowest BCUT2D eigenvalue weighted by molar-refractivity contribution is 0.504. The lowest BCUT2D eigenvalue weighted by Gasteiger charge is -2.11. The van der Waals surface area contributed by atoms with E-state index in [0.29, 0.717) is 11.4 Å². The van der Waals surface area contributed by atoms with Crippen molar-refractivity contribution in [2.75, 3.05) is 0 Å². The molecule has 0 saturated carbocycles. The number of para-hydroxylation sites is 1. The molecule has 112 valence electrons. The van der Waals surface area contributed by atoms with Crippen molar-refractivity contribution in [1.29, 1.82) is 0 Å². The van der Waals surface area contributed by atoms with Crippen LogP contribution in [0.4, 0.5) is 0 Å². The molecule has 0 unspecified atom stereocenters. The van der Waals surface area contributed by atoms with Gasteiger partial charge in [0, 0.05) is 12.1 Å². The maximum Gasteiger partial charge on any atom is 0.267 e. The third kappa shape index (κ3) is 2.50. The molecule has 0 spiro atoms. The van der Waals surface area contributed by atoms with Crippen LogP contribution in [0, 0.1) is 0 Å². The summed E-state index contributed by atoms with van der Waals surface area (Å²) in [5.74, 6) is 0. The zero-order chi connectivity index (χ0) is 15.7. The van der Waals surface area contributed by atoms with E-state index in [0.717, 1.165) is 5.69 Å². The first-order valence-corrected chi connectivity index (χ1v) is 7.04. The van der Waals surface area contributed by atoms with Gasteiger partial charge in [-0.1, -0.05) is 18.2 Å². The Morgan fingerprint density at radius 1 is 1.05 bits per heavy atom. The van der Waals surface area contributed by atoms with Gasteiger partial charge in [0.05, 0.1) is 17.4 Å². The first kappa shape index (κ1) is 14.1. The SMILES string of the molecule is CC(C)n1nc(-c2cc(=O)[nH]n2-c2ccccc2)ccc1=O. The van der Waals surface area contributed by atoms with Gasteiger partial charge in [0.2, 0.25) is 0 Å². The number of H-pyrrole nitrogens is 1. The third-order valence-electron chi connectivity index (χ3n) is 3.32. The van der Waals surface area contributed by atoms with E-state index >= 15 is 0 Å². The Hall–Kier alpha value is -2.89. The van der Waals surface area contributed by atoms with Crippen LogP contribution in [0.25, 0.3) is 17.1 Å². The molecule has 0 fully saturated rings. The molecule has 6 nitrogen and oxygen atoms in total. The van der Waals surface area contributed by atoms with E-state index in [2.05, 4.69) is 10.2 Å². The molecular weight excluding hydrogens is 280 g/mol. The van der Waals surface area contributed by atoms with E-state index < -0.39 is 0 Å². The Bertz CT molecular complexity index is 904. The molecule has 1 N–H and O–H groups in total. The Morgan fingerprint density at radius 3 is 2.45 bits per heavy atom. The number of benzene rings is 1. The Labute approximate surface area is 126 Å². The van der Waals surface area contributed by atoms with Gasteiger partial charge in [0.1, 0.15) is 5.69 Å². The summed E-state index contributed by atoms with van der Waals surface area (Å²) in [7, 11) is 0. The van der Waals surface area contributed by atoms with Crippen molar-refractivity contribution in [3.63, 3.8) is 0 Å². The van der Waals surface area contributed by atoms with Crippen molar-refractivity contribution in [3.8, 4) is 17.1 Å². The van der Waals surface area contributed by atoms with E-state index in [4.69, 9.17) is 0 Å². The van der Waals surface area contributed by atoms with Crippen LogP contribution in [-0.4, -0.2) is 19.6 Å². The standard InChI is InChI=1S/C16H16N4O2/c1-11(2)19-16(22)9-8-13(17-19)14-10-15(21)18-20(14)12-6-4-3-5-7-12/h3-11H,1-2H3,(H,18,21). The molecule has 0 aliphatic carbocycles.